The minimum absolute atomic E-state index is 0.0112. The van der Waals surface area contributed by atoms with Crippen LogP contribution in [0.3, 0.4) is 0 Å². The molecule has 1 unspecified atom stereocenters. The highest BCUT2D eigenvalue weighted by atomic mass is 79.9. The number of hydrogen-bond acceptors (Lipinski definition) is 4. The third kappa shape index (κ3) is 7.77. The third-order valence-corrected chi connectivity index (χ3v) is 6.04. The maximum Gasteiger partial charge on any atom is 0.252 e. The van der Waals surface area contributed by atoms with Crippen LogP contribution < -0.4 is 15.4 Å². The molecule has 0 fully saturated rings. The van der Waals surface area contributed by atoms with Gasteiger partial charge in [-0.15, -0.1) is 0 Å². The van der Waals surface area contributed by atoms with Crippen LogP contribution in [0.2, 0.25) is 0 Å². The number of carbonyl (C=O) groups is 2. The molecule has 0 radical (unpaired) electrons. The maximum absolute atomic E-state index is 13.2. The minimum Gasteiger partial charge on any atom is -0.457 e. The Morgan fingerprint density at radius 1 is 0.838 bits per heavy atom. The molecule has 0 saturated carbocycles. The number of amides is 2. The second-order valence-electron chi connectivity index (χ2n) is 8.41. The van der Waals surface area contributed by atoms with Crippen LogP contribution in [0.25, 0.3) is 0 Å². The van der Waals surface area contributed by atoms with E-state index >= 15 is 0 Å². The number of rotatable bonds is 10. The van der Waals surface area contributed by atoms with Crippen molar-refractivity contribution >= 4 is 33.4 Å². The van der Waals surface area contributed by atoms with Gasteiger partial charge >= 0.3 is 0 Å². The first-order valence-electron chi connectivity index (χ1n) is 11.8. The van der Waals surface area contributed by atoms with Gasteiger partial charge < -0.3 is 20.1 Å². The molecule has 0 heterocycles. The fourth-order valence-electron chi connectivity index (χ4n) is 3.63. The minimum atomic E-state index is -0.903. The van der Waals surface area contributed by atoms with Crippen LogP contribution in [-0.2, 0) is 16.1 Å². The van der Waals surface area contributed by atoms with Crippen LogP contribution in [0.1, 0.15) is 21.5 Å². The van der Waals surface area contributed by atoms with Crippen molar-refractivity contribution in [2.75, 3.05) is 11.9 Å². The smallest absolute Gasteiger partial charge is 0.252 e. The predicted molar refractivity (Wildman–Crippen MR) is 148 cm³/mol. The zero-order valence-electron chi connectivity index (χ0n) is 20.3. The Balaban J connectivity index is 1.43. The largest absolute Gasteiger partial charge is 0.457 e. The van der Waals surface area contributed by atoms with E-state index in [1.807, 2.05) is 73.7 Å². The van der Waals surface area contributed by atoms with Crippen LogP contribution in [-0.4, -0.2) is 24.5 Å². The molecule has 0 bridgehead atoms. The van der Waals surface area contributed by atoms with E-state index < -0.39 is 6.04 Å². The lowest BCUT2D eigenvalue weighted by atomic mass is 10.1. The number of halogens is 1. The highest BCUT2D eigenvalue weighted by molar-refractivity contribution is 9.10. The second-order valence-corrected chi connectivity index (χ2v) is 9.33. The number of carbonyl (C=O) groups excluding carboxylic acids is 2. The fraction of sp³-hybridized carbons (Fsp3) is 0.133. The van der Waals surface area contributed by atoms with Gasteiger partial charge in [-0.25, -0.2) is 0 Å². The van der Waals surface area contributed by atoms with E-state index in [0.717, 1.165) is 21.3 Å². The Morgan fingerprint density at radius 2 is 1.49 bits per heavy atom. The lowest BCUT2D eigenvalue weighted by molar-refractivity contribution is -0.119. The molecular formula is C30H27BrN2O4. The van der Waals surface area contributed by atoms with Gasteiger partial charge in [0.25, 0.3) is 5.91 Å². The molecule has 0 aliphatic heterocycles. The topological polar surface area (TPSA) is 76.7 Å². The van der Waals surface area contributed by atoms with Crippen molar-refractivity contribution in [2.45, 2.75) is 19.6 Å². The normalized spacial score (nSPS) is 11.4. The Bertz CT molecular complexity index is 1330. The molecule has 6 nitrogen and oxygen atoms in total. The van der Waals surface area contributed by atoms with Gasteiger partial charge in [0.2, 0.25) is 5.91 Å². The number of para-hydroxylation sites is 1. The van der Waals surface area contributed by atoms with Gasteiger partial charge in [0.1, 0.15) is 17.5 Å². The van der Waals surface area contributed by atoms with Gasteiger partial charge in [-0.1, -0.05) is 64.5 Å². The van der Waals surface area contributed by atoms with Gasteiger partial charge in [0.05, 0.1) is 13.2 Å². The van der Waals surface area contributed by atoms with Crippen molar-refractivity contribution in [2.24, 2.45) is 0 Å². The van der Waals surface area contributed by atoms with E-state index in [4.69, 9.17) is 9.47 Å². The second kappa shape index (κ2) is 12.9. The Hall–Kier alpha value is -3.94. The zero-order chi connectivity index (χ0) is 26.0. The van der Waals surface area contributed by atoms with E-state index in [2.05, 4.69) is 26.6 Å². The maximum atomic E-state index is 13.2. The summed E-state index contributed by atoms with van der Waals surface area (Å²) >= 11 is 3.41. The van der Waals surface area contributed by atoms with Crippen molar-refractivity contribution < 1.29 is 19.1 Å². The molecule has 4 rings (SSSR count). The number of anilines is 1. The molecule has 1 atom stereocenters. The van der Waals surface area contributed by atoms with E-state index in [1.165, 1.54) is 0 Å². The summed E-state index contributed by atoms with van der Waals surface area (Å²) in [6.45, 7) is 2.18. The van der Waals surface area contributed by atoms with Crippen LogP contribution in [0.15, 0.2) is 108 Å². The molecule has 2 amide bonds. The summed E-state index contributed by atoms with van der Waals surface area (Å²) in [4.78, 5) is 26.2. The van der Waals surface area contributed by atoms with Crippen LogP contribution in [0.4, 0.5) is 5.69 Å². The average molecular weight is 559 g/mol. The first kappa shape index (κ1) is 26.1. The summed E-state index contributed by atoms with van der Waals surface area (Å²) in [6.07, 6.45) is 0. The first-order chi connectivity index (χ1) is 18.0. The molecule has 0 aromatic heterocycles. The third-order valence-electron chi connectivity index (χ3n) is 5.55. The standard InChI is InChI=1S/C30H27BrN2O4/c1-21-18-23(31)12-17-27(21)29(34)33-28(20-36-19-22-8-4-2-5-9-22)30(35)32-24-13-15-26(16-14-24)37-25-10-6-3-7-11-25/h2-18,28H,19-20H2,1H3,(H,32,35)(H,33,34). The van der Waals surface area contributed by atoms with Crippen molar-refractivity contribution in [1.82, 2.24) is 5.32 Å². The van der Waals surface area contributed by atoms with Crippen molar-refractivity contribution in [1.29, 1.82) is 0 Å². The number of ether oxygens (including phenoxy) is 2. The lowest BCUT2D eigenvalue weighted by Crippen LogP contribution is -2.47. The molecule has 0 spiro atoms. The van der Waals surface area contributed by atoms with Crippen molar-refractivity contribution in [3.05, 3.63) is 124 Å². The molecule has 7 heteroatoms. The van der Waals surface area contributed by atoms with E-state index in [-0.39, 0.29) is 18.4 Å². The molecule has 4 aromatic rings. The molecule has 0 saturated heterocycles. The molecule has 2 N–H and O–H groups in total. The van der Waals surface area contributed by atoms with Gasteiger partial charge in [0.15, 0.2) is 0 Å². The summed E-state index contributed by atoms with van der Waals surface area (Å²) in [5.41, 5.74) is 2.84. The van der Waals surface area contributed by atoms with E-state index in [1.54, 1.807) is 36.4 Å². The summed E-state index contributed by atoms with van der Waals surface area (Å²) in [7, 11) is 0. The van der Waals surface area contributed by atoms with Gasteiger partial charge in [-0.05, 0) is 72.6 Å². The Labute approximate surface area is 224 Å². The highest BCUT2D eigenvalue weighted by Crippen LogP contribution is 2.23. The predicted octanol–water partition coefficient (Wildman–Crippen LogP) is 6.50. The number of hydrogen-bond donors (Lipinski definition) is 2. The van der Waals surface area contributed by atoms with E-state index in [9.17, 15) is 9.59 Å². The quantitative estimate of drug-likeness (QED) is 0.233. The van der Waals surface area contributed by atoms with Crippen LogP contribution >= 0.6 is 15.9 Å². The Morgan fingerprint density at radius 3 is 2.16 bits per heavy atom. The van der Waals surface area contributed by atoms with Gasteiger partial charge in [-0.2, -0.15) is 0 Å². The molecule has 0 aliphatic rings. The monoisotopic (exact) mass is 558 g/mol. The summed E-state index contributed by atoms with van der Waals surface area (Å²) in [6, 6.07) is 30.6. The fourth-order valence-corrected chi connectivity index (χ4v) is 4.11. The van der Waals surface area contributed by atoms with Gasteiger partial charge in [0, 0.05) is 15.7 Å². The number of aryl methyl sites for hydroxylation is 1. The van der Waals surface area contributed by atoms with Crippen LogP contribution in [0, 0.1) is 6.92 Å². The molecular weight excluding hydrogens is 532 g/mol. The summed E-state index contributed by atoms with van der Waals surface area (Å²) < 4.78 is 12.5. The molecule has 0 aliphatic carbocycles. The first-order valence-corrected chi connectivity index (χ1v) is 12.6. The summed E-state index contributed by atoms with van der Waals surface area (Å²) in [5.74, 6) is 0.639. The zero-order valence-corrected chi connectivity index (χ0v) is 21.9. The van der Waals surface area contributed by atoms with Crippen molar-refractivity contribution in [3.8, 4) is 11.5 Å². The summed E-state index contributed by atoms with van der Waals surface area (Å²) in [5, 5.41) is 5.69. The van der Waals surface area contributed by atoms with E-state index in [0.29, 0.717) is 23.6 Å². The Kier molecular flexibility index (Phi) is 9.08. The number of benzene rings is 4. The number of nitrogens with one attached hydrogen (secondary N) is 2. The molecule has 4 aromatic carbocycles. The molecule has 188 valence electrons. The SMILES string of the molecule is Cc1cc(Br)ccc1C(=O)NC(COCc1ccccc1)C(=O)Nc1ccc(Oc2ccccc2)cc1. The van der Waals surface area contributed by atoms with Crippen molar-refractivity contribution in [3.63, 3.8) is 0 Å². The van der Waals surface area contributed by atoms with Gasteiger partial charge in [-0.3, -0.25) is 9.59 Å². The highest BCUT2D eigenvalue weighted by Gasteiger charge is 2.23. The average Bonchev–Trinajstić information content (AvgIpc) is 2.90. The lowest BCUT2D eigenvalue weighted by Gasteiger charge is -2.19. The van der Waals surface area contributed by atoms with Crippen LogP contribution in [0.5, 0.6) is 11.5 Å². The molecule has 37 heavy (non-hydrogen) atoms.